The zero-order valence-corrected chi connectivity index (χ0v) is 9.92. The predicted molar refractivity (Wildman–Crippen MR) is 67.5 cm³/mol. The number of pyridine rings is 2. The first kappa shape index (κ1) is 12.0. The topological polar surface area (TPSA) is 75.1 Å². The summed E-state index contributed by atoms with van der Waals surface area (Å²) in [5.74, 6) is -0.975. The standard InChI is InChI=1S/C13H13N3O2/c1-9-3-2-4-10(16-9)7-15-12-8-14-6-5-11(12)13(17)18/h2-6,8,15H,7H2,1H3,(H,17,18). The van der Waals surface area contributed by atoms with Gasteiger partial charge in [0.2, 0.25) is 0 Å². The summed E-state index contributed by atoms with van der Waals surface area (Å²) in [5, 5.41) is 12.1. The van der Waals surface area contributed by atoms with Gasteiger partial charge in [0, 0.05) is 11.9 Å². The quantitative estimate of drug-likeness (QED) is 0.860. The van der Waals surface area contributed by atoms with Crippen molar-refractivity contribution in [2.45, 2.75) is 13.5 Å². The van der Waals surface area contributed by atoms with Crippen molar-refractivity contribution in [2.75, 3.05) is 5.32 Å². The maximum Gasteiger partial charge on any atom is 0.337 e. The number of aromatic carboxylic acids is 1. The molecule has 0 atom stereocenters. The number of nitrogens with zero attached hydrogens (tertiary/aromatic N) is 2. The van der Waals surface area contributed by atoms with Crippen LogP contribution in [0.15, 0.2) is 36.7 Å². The maximum atomic E-state index is 11.0. The van der Waals surface area contributed by atoms with Gasteiger partial charge in [-0.3, -0.25) is 9.97 Å². The minimum absolute atomic E-state index is 0.206. The van der Waals surface area contributed by atoms with Gasteiger partial charge in [0.05, 0.1) is 29.7 Å². The summed E-state index contributed by atoms with van der Waals surface area (Å²) in [6, 6.07) is 7.18. The normalized spacial score (nSPS) is 10.1. The molecule has 18 heavy (non-hydrogen) atoms. The SMILES string of the molecule is Cc1cccc(CNc2cnccc2C(=O)O)n1. The number of anilines is 1. The van der Waals surface area contributed by atoms with Gasteiger partial charge in [-0.1, -0.05) is 6.07 Å². The highest BCUT2D eigenvalue weighted by Gasteiger charge is 2.09. The van der Waals surface area contributed by atoms with E-state index in [1.54, 1.807) is 0 Å². The molecule has 0 aromatic carbocycles. The molecule has 5 nitrogen and oxygen atoms in total. The molecule has 0 fully saturated rings. The van der Waals surface area contributed by atoms with E-state index in [1.807, 2.05) is 25.1 Å². The van der Waals surface area contributed by atoms with Crippen LogP contribution in [0.1, 0.15) is 21.7 Å². The first-order valence-electron chi connectivity index (χ1n) is 5.50. The van der Waals surface area contributed by atoms with E-state index < -0.39 is 5.97 Å². The molecule has 0 unspecified atom stereocenters. The zero-order chi connectivity index (χ0) is 13.0. The Morgan fingerprint density at radius 2 is 2.22 bits per heavy atom. The highest BCUT2D eigenvalue weighted by molar-refractivity contribution is 5.93. The zero-order valence-electron chi connectivity index (χ0n) is 9.92. The van der Waals surface area contributed by atoms with Crippen LogP contribution < -0.4 is 5.32 Å². The number of carboxylic acids is 1. The van der Waals surface area contributed by atoms with E-state index in [2.05, 4.69) is 15.3 Å². The van der Waals surface area contributed by atoms with Crippen LogP contribution in [-0.4, -0.2) is 21.0 Å². The lowest BCUT2D eigenvalue weighted by Gasteiger charge is -2.08. The number of rotatable bonds is 4. The third-order valence-electron chi connectivity index (χ3n) is 2.46. The lowest BCUT2D eigenvalue weighted by molar-refractivity contribution is 0.0698. The summed E-state index contributed by atoms with van der Waals surface area (Å²) in [6.45, 7) is 2.38. The monoisotopic (exact) mass is 243 g/mol. The van der Waals surface area contributed by atoms with Gasteiger partial charge in [-0.15, -0.1) is 0 Å². The molecule has 2 heterocycles. The van der Waals surface area contributed by atoms with Crippen molar-refractivity contribution in [3.63, 3.8) is 0 Å². The minimum atomic E-state index is -0.975. The van der Waals surface area contributed by atoms with Crippen LogP contribution in [0, 0.1) is 6.92 Å². The number of aromatic nitrogens is 2. The van der Waals surface area contributed by atoms with Crippen LogP contribution in [0.5, 0.6) is 0 Å². The van der Waals surface area contributed by atoms with Crippen molar-refractivity contribution in [1.29, 1.82) is 0 Å². The Kier molecular flexibility index (Phi) is 3.52. The Morgan fingerprint density at radius 3 is 2.94 bits per heavy atom. The van der Waals surface area contributed by atoms with Crippen LogP contribution in [-0.2, 0) is 6.54 Å². The molecule has 0 saturated heterocycles. The largest absolute Gasteiger partial charge is 0.478 e. The van der Waals surface area contributed by atoms with E-state index in [-0.39, 0.29) is 5.56 Å². The second kappa shape index (κ2) is 5.27. The van der Waals surface area contributed by atoms with E-state index in [9.17, 15) is 4.79 Å². The van der Waals surface area contributed by atoms with Crippen LogP contribution >= 0.6 is 0 Å². The van der Waals surface area contributed by atoms with Gasteiger partial charge in [0.1, 0.15) is 0 Å². The van der Waals surface area contributed by atoms with Gasteiger partial charge in [-0.05, 0) is 25.1 Å². The molecule has 0 aliphatic carbocycles. The molecular weight excluding hydrogens is 230 g/mol. The summed E-state index contributed by atoms with van der Waals surface area (Å²) in [6.07, 6.45) is 2.96. The van der Waals surface area contributed by atoms with Gasteiger partial charge in [0.15, 0.2) is 0 Å². The smallest absolute Gasteiger partial charge is 0.337 e. The fourth-order valence-electron chi connectivity index (χ4n) is 1.61. The van der Waals surface area contributed by atoms with Crippen molar-refractivity contribution in [2.24, 2.45) is 0 Å². The molecule has 92 valence electrons. The number of hydrogen-bond acceptors (Lipinski definition) is 4. The van der Waals surface area contributed by atoms with Gasteiger partial charge in [0.25, 0.3) is 0 Å². The summed E-state index contributed by atoms with van der Waals surface area (Å²) >= 11 is 0. The van der Waals surface area contributed by atoms with Crippen LogP contribution in [0.25, 0.3) is 0 Å². The molecule has 0 amide bonds. The molecule has 0 aliphatic rings. The second-order valence-corrected chi connectivity index (χ2v) is 3.85. The Morgan fingerprint density at radius 1 is 1.39 bits per heavy atom. The molecule has 0 bridgehead atoms. The summed E-state index contributed by atoms with van der Waals surface area (Å²) in [4.78, 5) is 19.2. The van der Waals surface area contributed by atoms with E-state index in [0.717, 1.165) is 11.4 Å². The van der Waals surface area contributed by atoms with Gasteiger partial charge in [-0.25, -0.2) is 4.79 Å². The van der Waals surface area contributed by atoms with Crippen molar-refractivity contribution < 1.29 is 9.90 Å². The average Bonchev–Trinajstić information content (AvgIpc) is 2.37. The first-order chi connectivity index (χ1) is 8.66. The van der Waals surface area contributed by atoms with E-state index >= 15 is 0 Å². The third-order valence-corrected chi connectivity index (χ3v) is 2.46. The minimum Gasteiger partial charge on any atom is -0.478 e. The molecule has 0 aliphatic heterocycles. The van der Waals surface area contributed by atoms with Crippen molar-refractivity contribution in [3.8, 4) is 0 Å². The Hall–Kier alpha value is -2.43. The van der Waals surface area contributed by atoms with Gasteiger partial charge < -0.3 is 10.4 Å². The molecule has 0 radical (unpaired) electrons. The molecule has 2 aromatic heterocycles. The highest BCUT2D eigenvalue weighted by Crippen LogP contribution is 2.14. The summed E-state index contributed by atoms with van der Waals surface area (Å²) in [7, 11) is 0. The molecule has 2 rings (SSSR count). The molecule has 2 N–H and O–H groups in total. The second-order valence-electron chi connectivity index (χ2n) is 3.85. The number of aryl methyl sites for hydroxylation is 1. The Labute approximate surface area is 105 Å². The number of hydrogen-bond donors (Lipinski definition) is 2. The average molecular weight is 243 g/mol. The van der Waals surface area contributed by atoms with E-state index in [1.165, 1.54) is 18.5 Å². The Bertz CT molecular complexity index is 570. The molecule has 0 saturated carbocycles. The van der Waals surface area contributed by atoms with Crippen molar-refractivity contribution >= 4 is 11.7 Å². The summed E-state index contributed by atoms with van der Waals surface area (Å²) in [5.41, 5.74) is 2.49. The molecule has 5 heteroatoms. The number of nitrogens with one attached hydrogen (secondary N) is 1. The van der Waals surface area contributed by atoms with Crippen molar-refractivity contribution in [1.82, 2.24) is 9.97 Å². The molecular formula is C13H13N3O2. The lowest BCUT2D eigenvalue weighted by Crippen LogP contribution is -2.07. The highest BCUT2D eigenvalue weighted by atomic mass is 16.4. The molecule has 0 spiro atoms. The first-order valence-corrected chi connectivity index (χ1v) is 5.50. The van der Waals surface area contributed by atoms with E-state index in [4.69, 9.17) is 5.11 Å². The lowest BCUT2D eigenvalue weighted by atomic mass is 10.2. The van der Waals surface area contributed by atoms with Gasteiger partial charge in [-0.2, -0.15) is 0 Å². The molecule has 2 aromatic rings. The summed E-state index contributed by atoms with van der Waals surface area (Å²) < 4.78 is 0. The van der Waals surface area contributed by atoms with Crippen LogP contribution in [0.4, 0.5) is 5.69 Å². The fraction of sp³-hybridized carbons (Fsp3) is 0.154. The Balaban J connectivity index is 2.13. The van der Waals surface area contributed by atoms with Gasteiger partial charge >= 0.3 is 5.97 Å². The number of carboxylic acid groups (broad SMARTS) is 1. The fourth-order valence-corrected chi connectivity index (χ4v) is 1.61. The maximum absolute atomic E-state index is 11.0. The van der Waals surface area contributed by atoms with Crippen molar-refractivity contribution in [3.05, 3.63) is 53.6 Å². The van der Waals surface area contributed by atoms with Crippen LogP contribution in [0.3, 0.4) is 0 Å². The predicted octanol–water partition coefficient (Wildman–Crippen LogP) is 2.10. The van der Waals surface area contributed by atoms with Crippen LogP contribution in [0.2, 0.25) is 0 Å². The van der Waals surface area contributed by atoms with E-state index in [0.29, 0.717) is 12.2 Å². The number of carbonyl (C=O) groups is 1. The third kappa shape index (κ3) is 2.82.